The number of hydrogen-bond acceptors (Lipinski definition) is 3. The van der Waals surface area contributed by atoms with Gasteiger partial charge in [0.1, 0.15) is 6.61 Å². The number of amides is 1. The summed E-state index contributed by atoms with van der Waals surface area (Å²) in [6.45, 7) is 4.00. The Morgan fingerprint density at radius 1 is 1.21 bits per heavy atom. The number of carbonyl (C=O) groups is 1. The highest BCUT2D eigenvalue weighted by atomic mass is 16.5. The summed E-state index contributed by atoms with van der Waals surface area (Å²) in [6.07, 6.45) is 7.32. The van der Waals surface area contributed by atoms with Crippen molar-refractivity contribution in [1.29, 1.82) is 0 Å². The Kier molecular flexibility index (Phi) is 3.04. The fraction of sp³-hybridized carbons (Fsp3) is 0.933. The van der Waals surface area contributed by atoms with Crippen LogP contribution in [0.1, 0.15) is 52.4 Å². The van der Waals surface area contributed by atoms with E-state index in [0.717, 1.165) is 37.0 Å². The summed E-state index contributed by atoms with van der Waals surface area (Å²) in [5, 5.41) is 3.18. The van der Waals surface area contributed by atoms with E-state index in [4.69, 9.17) is 10.5 Å². The first-order valence-corrected chi connectivity index (χ1v) is 7.57. The topological polar surface area (TPSA) is 64.3 Å². The second kappa shape index (κ2) is 4.37. The molecule has 0 heterocycles. The molecule has 0 radical (unpaired) electrons. The predicted octanol–water partition coefficient (Wildman–Crippen LogP) is 2.42. The van der Waals surface area contributed by atoms with Gasteiger partial charge in [-0.15, -0.1) is 0 Å². The molecular weight excluding hydrogens is 240 g/mol. The number of hydrogen-bond donors (Lipinski definition) is 2. The zero-order chi connectivity index (χ0) is 13.7. The molecule has 108 valence electrons. The predicted molar refractivity (Wildman–Crippen MR) is 73.7 cm³/mol. The second-order valence-corrected chi connectivity index (χ2v) is 7.89. The lowest BCUT2D eigenvalue weighted by molar-refractivity contribution is -0.0199. The van der Waals surface area contributed by atoms with Gasteiger partial charge in [0.25, 0.3) is 0 Å². The zero-order valence-corrected chi connectivity index (χ0v) is 12.1. The molecule has 0 aliphatic heterocycles. The maximum Gasteiger partial charge on any atom is 0.407 e. The van der Waals surface area contributed by atoms with Crippen molar-refractivity contribution in [2.45, 2.75) is 63.5 Å². The molecule has 4 fully saturated rings. The smallest absolute Gasteiger partial charge is 0.407 e. The fourth-order valence-corrected chi connectivity index (χ4v) is 4.77. The molecule has 0 saturated heterocycles. The number of alkyl carbamates (subject to hydrolysis) is 1. The molecule has 4 aliphatic carbocycles. The van der Waals surface area contributed by atoms with Crippen molar-refractivity contribution in [3.8, 4) is 0 Å². The summed E-state index contributed by atoms with van der Waals surface area (Å²) in [6, 6.07) is 0. The van der Waals surface area contributed by atoms with Crippen LogP contribution in [0.2, 0.25) is 0 Å². The summed E-state index contributed by atoms with van der Waals surface area (Å²) in [5.74, 6) is 2.49. The summed E-state index contributed by atoms with van der Waals surface area (Å²) < 4.78 is 5.27. The Morgan fingerprint density at radius 3 is 2.11 bits per heavy atom. The van der Waals surface area contributed by atoms with Gasteiger partial charge in [-0.05, 0) is 70.1 Å². The van der Waals surface area contributed by atoms with Crippen LogP contribution < -0.4 is 11.1 Å². The van der Waals surface area contributed by atoms with Crippen molar-refractivity contribution in [3.05, 3.63) is 0 Å². The van der Waals surface area contributed by atoms with Gasteiger partial charge in [0, 0.05) is 11.1 Å². The minimum Gasteiger partial charge on any atom is -0.448 e. The number of nitrogens with one attached hydrogen (secondary N) is 1. The SMILES string of the molecule is CC(C)(N)COC(=O)NC12CC3CC(CC(C3)C1)C2. The zero-order valence-electron chi connectivity index (χ0n) is 12.1. The van der Waals surface area contributed by atoms with E-state index in [1.807, 2.05) is 13.8 Å². The molecule has 0 atom stereocenters. The molecule has 4 aliphatic rings. The first kappa shape index (κ1) is 13.2. The lowest BCUT2D eigenvalue weighted by Crippen LogP contribution is -2.60. The van der Waals surface area contributed by atoms with Crippen LogP contribution in [0, 0.1) is 17.8 Å². The van der Waals surface area contributed by atoms with E-state index < -0.39 is 5.54 Å². The van der Waals surface area contributed by atoms with Gasteiger partial charge >= 0.3 is 6.09 Å². The van der Waals surface area contributed by atoms with Crippen LogP contribution in [-0.2, 0) is 4.74 Å². The number of rotatable bonds is 3. The maximum absolute atomic E-state index is 12.0. The fourth-order valence-electron chi connectivity index (χ4n) is 4.77. The minimum atomic E-state index is -0.460. The lowest BCUT2D eigenvalue weighted by atomic mass is 9.53. The average molecular weight is 266 g/mol. The molecule has 4 saturated carbocycles. The van der Waals surface area contributed by atoms with E-state index in [9.17, 15) is 4.79 Å². The molecule has 4 bridgehead atoms. The van der Waals surface area contributed by atoms with Gasteiger partial charge in [0.2, 0.25) is 0 Å². The quantitative estimate of drug-likeness (QED) is 0.824. The van der Waals surface area contributed by atoms with Gasteiger partial charge in [-0.25, -0.2) is 4.79 Å². The molecule has 0 spiro atoms. The molecule has 4 rings (SSSR count). The number of carbonyl (C=O) groups excluding carboxylic acids is 1. The molecule has 4 nitrogen and oxygen atoms in total. The largest absolute Gasteiger partial charge is 0.448 e. The highest BCUT2D eigenvalue weighted by molar-refractivity contribution is 5.68. The van der Waals surface area contributed by atoms with Gasteiger partial charge < -0.3 is 15.8 Å². The van der Waals surface area contributed by atoms with E-state index >= 15 is 0 Å². The standard InChI is InChI=1S/C15H26N2O2/c1-14(2,16)9-19-13(18)17-15-6-10-3-11(7-15)5-12(4-10)8-15/h10-12H,3-9,16H2,1-2H3,(H,17,18). The van der Waals surface area contributed by atoms with E-state index in [1.54, 1.807) is 0 Å². The van der Waals surface area contributed by atoms with Crippen molar-refractivity contribution < 1.29 is 9.53 Å². The molecular formula is C15H26N2O2. The highest BCUT2D eigenvalue weighted by Crippen LogP contribution is 2.55. The molecule has 0 aromatic carbocycles. The van der Waals surface area contributed by atoms with Crippen LogP contribution in [0.5, 0.6) is 0 Å². The summed E-state index contributed by atoms with van der Waals surface area (Å²) in [7, 11) is 0. The van der Waals surface area contributed by atoms with Gasteiger partial charge in [0.05, 0.1) is 0 Å². The van der Waals surface area contributed by atoms with Gasteiger partial charge in [0.15, 0.2) is 0 Å². The summed E-state index contributed by atoms with van der Waals surface area (Å²) in [5.41, 5.74) is 5.41. The van der Waals surface area contributed by atoms with E-state index in [-0.39, 0.29) is 18.2 Å². The van der Waals surface area contributed by atoms with Gasteiger partial charge in [-0.1, -0.05) is 0 Å². The Balaban J connectivity index is 1.59. The van der Waals surface area contributed by atoms with Crippen molar-refractivity contribution in [3.63, 3.8) is 0 Å². The van der Waals surface area contributed by atoms with Crippen molar-refractivity contribution in [2.75, 3.05) is 6.61 Å². The number of ether oxygens (including phenoxy) is 1. The lowest BCUT2D eigenvalue weighted by Gasteiger charge is -2.56. The first-order chi connectivity index (χ1) is 8.84. The maximum atomic E-state index is 12.0. The third kappa shape index (κ3) is 2.88. The molecule has 19 heavy (non-hydrogen) atoms. The molecule has 0 aromatic rings. The Hall–Kier alpha value is -0.770. The molecule has 4 heteroatoms. The Bertz CT molecular complexity index is 338. The van der Waals surface area contributed by atoms with E-state index in [1.165, 1.54) is 19.3 Å². The van der Waals surface area contributed by atoms with Crippen LogP contribution in [-0.4, -0.2) is 23.8 Å². The van der Waals surface area contributed by atoms with Crippen molar-refractivity contribution >= 4 is 6.09 Å². The minimum absolute atomic E-state index is 0.0323. The first-order valence-electron chi connectivity index (χ1n) is 7.57. The molecule has 3 N–H and O–H groups in total. The van der Waals surface area contributed by atoms with Crippen LogP contribution >= 0.6 is 0 Å². The van der Waals surface area contributed by atoms with Crippen LogP contribution in [0.25, 0.3) is 0 Å². The van der Waals surface area contributed by atoms with Crippen LogP contribution in [0.4, 0.5) is 4.79 Å². The van der Waals surface area contributed by atoms with Gasteiger partial charge in [-0.3, -0.25) is 0 Å². The molecule has 1 amide bonds. The molecule has 0 aromatic heterocycles. The summed E-state index contributed by atoms with van der Waals surface area (Å²) >= 11 is 0. The Morgan fingerprint density at radius 2 is 1.68 bits per heavy atom. The average Bonchev–Trinajstić information content (AvgIpc) is 2.22. The highest BCUT2D eigenvalue weighted by Gasteiger charge is 2.51. The second-order valence-electron chi connectivity index (χ2n) is 7.89. The van der Waals surface area contributed by atoms with Gasteiger partial charge in [-0.2, -0.15) is 0 Å². The van der Waals surface area contributed by atoms with E-state index in [2.05, 4.69) is 5.32 Å². The summed E-state index contributed by atoms with van der Waals surface area (Å²) in [4.78, 5) is 12.0. The van der Waals surface area contributed by atoms with Crippen molar-refractivity contribution in [2.24, 2.45) is 23.5 Å². The molecule has 0 unspecified atom stereocenters. The van der Waals surface area contributed by atoms with E-state index in [0.29, 0.717) is 0 Å². The third-order valence-electron chi connectivity index (χ3n) is 4.98. The van der Waals surface area contributed by atoms with Crippen LogP contribution in [0.3, 0.4) is 0 Å². The Labute approximate surface area is 115 Å². The third-order valence-corrected chi connectivity index (χ3v) is 4.98. The van der Waals surface area contributed by atoms with Crippen molar-refractivity contribution in [1.82, 2.24) is 5.32 Å². The number of nitrogens with two attached hydrogens (primary N) is 1. The van der Waals surface area contributed by atoms with Crippen LogP contribution in [0.15, 0.2) is 0 Å². The normalized spacial score (nSPS) is 40.3. The monoisotopic (exact) mass is 266 g/mol.